The molecule has 4 rings (SSSR count). The highest BCUT2D eigenvalue weighted by Gasteiger charge is 2.29. The smallest absolute Gasteiger partial charge is 0.198 e. The van der Waals surface area contributed by atoms with Crippen molar-refractivity contribution in [1.82, 2.24) is 4.98 Å². The first-order valence-electron chi connectivity index (χ1n) is 7.54. The third kappa shape index (κ3) is 2.29. The maximum atomic E-state index is 5.79. The van der Waals surface area contributed by atoms with E-state index < -0.39 is 0 Å². The number of ether oxygens (including phenoxy) is 1. The molecule has 1 saturated heterocycles. The maximum absolute atomic E-state index is 5.79. The quantitative estimate of drug-likeness (QED) is 0.924. The summed E-state index contributed by atoms with van der Waals surface area (Å²) in [6.45, 7) is 3.98. The Hall–Kier alpha value is -1.55. The Labute approximate surface area is 118 Å². The van der Waals surface area contributed by atoms with E-state index in [-0.39, 0.29) is 0 Å². The molecule has 0 radical (unpaired) electrons. The van der Waals surface area contributed by atoms with E-state index in [1.54, 1.807) is 0 Å². The van der Waals surface area contributed by atoms with Crippen molar-refractivity contribution >= 4 is 16.8 Å². The number of rotatable bonds is 4. The molecule has 4 nitrogen and oxygen atoms in total. The van der Waals surface area contributed by atoms with Crippen molar-refractivity contribution in [3.63, 3.8) is 0 Å². The molecule has 1 aliphatic carbocycles. The van der Waals surface area contributed by atoms with Gasteiger partial charge in [-0.15, -0.1) is 0 Å². The predicted molar refractivity (Wildman–Crippen MR) is 78.0 cm³/mol. The third-order valence-electron chi connectivity index (χ3n) is 4.40. The van der Waals surface area contributed by atoms with E-state index in [0.29, 0.717) is 17.9 Å². The van der Waals surface area contributed by atoms with Crippen LogP contribution in [0.25, 0.3) is 11.1 Å². The Morgan fingerprint density at radius 3 is 2.95 bits per heavy atom. The number of aromatic nitrogens is 1. The van der Waals surface area contributed by atoms with Crippen LogP contribution in [-0.2, 0) is 4.74 Å². The molecular weight excluding hydrogens is 252 g/mol. The van der Waals surface area contributed by atoms with Crippen LogP contribution in [0.2, 0.25) is 0 Å². The second kappa shape index (κ2) is 4.77. The lowest BCUT2D eigenvalue weighted by Gasteiger charge is -2.20. The van der Waals surface area contributed by atoms with Gasteiger partial charge in [-0.2, -0.15) is 0 Å². The van der Waals surface area contributed by atoms with Crippen LogP contribution >= 0.6 is 0 Å². The minimum Gasteiger partial charge on any atom is -0.440 e. The molecule has 1 saturated carbocycles. The molecule has 2 aromatic rings. The highest BCUT2D eigenvalue weighted by atomic mass is 16.5. The summed E-state index contributed by atoms with van der Waals surface area (Å²) in [4.78, 5) is 4.61. The van der Waals surface area contributed by atoms with E-state index in [1.807, 2.05) is 6.07 Å². The number of benzene rings is 1. The number of nitrogens with zero attached hydrogens (tertiary/aromatic N) is 1. The van der Waals surface area contributed by atoms with Crippen LogP contribution in [0, 0.1) is 5.92 Å². The summed E-state index contributed by atoms with van der Waals surface area (Å²) >= 11 is 0. The van der Waals surface area contributed by atoms with Gasteiger partial charge in [-0.25, -0.2) is 4.98 Å². The minimum absolute atomic E-state index is 0.421. The molecule has 1 aliphatic heterocycles. The normalized spacial score (nSPS) is 24.1. The predicted octanol–water partition coefficient (Wildman–Crippen LogP) is 3.54. The molecule has 2 heterocycles. The van der Waals surface area contributed by atoms with Crippen molar-refractivity contribution in [3.8, 4) is 0 Å². The van der Waals surface area contributed by atoms with Gasteiger partial charge < -0.3 is 14.5 Å². The average molecular weight is 272 g/mol. The van der Waals surface area contributed by atoms with Crippen LogP contribution in [0.1, 0.15) is 38.0 Å². The lowest BCUT2D eigenvalue weighted by molar-refractivity contribution is 0.183. The summed E-state index contributed by atoms with van der Waals surface area (Å²) in [5.74, 6) is 2.08. The lowest BCUT2D eigenvalue weighted by Crippen LogP contribution is -2.26. The molecule has 2 aliphatic rings. The van der Waals surface area contributed by atoms with Gasteiger partial charge in [0.2, 0.25) is 0 Å². The Morgan fingerprint density at radius 2 is 2.20 bits per heavy atom. The lowest BCUT2D eigenvalue weighted by atomic mass is 10.0. The number of anilines is 1. The molecule has 1 aromatic carbocycles. The van der Waals surface area contributed by atoms with Gasteiger partial charge in [-0.1, -0.05) is 0 Å². The van der Waals surface area contributed by atoms with Crippen LogP contribution in [0.3, 0.4) is 0 Å². The van der Waals surface area contributed by atoms with E-state index in [1.165, 1.54) is 12.8 Å². The maximum Gasteiger partial charge on any atom is 0.198 e. The molecule has 0 spiro atoms. The summed E-state index contributed by atoms with van der Waals surface area (Å²) in [5, 5.41) is 3.57. The number of hydrogen-bond acceptors (Lipinski definition) is 4. The molecule has 106 valence electrons. The summed E-state index contributed by atoms with van der Waals surface area (Å²) in [6.07, 6.45) is 3.58. The van der Waals surface area contributed by atoms with Crippen LogP contribution in [-0.4, -0.2) is 24.2 Å². The zero-order chi connectivity index (χ0) is 13.5. The molecule has 1 aromatic heterocycles. The van der Waals surface area contributed by atoms with Gasteiger partial charge in [0.05, 0.1) is 6.61 Å². The summed E-state index contributed by atoms with van der Waals surface area (Å²) < 4.78 is 11.2. The Balaban J connectivity index is 1.53. The second-order valence-electron chi connectivity index (χ2n) is 6.07. The second-order valence-corrected chi connectivity index (χ2v) is 6.07. The summed E-state index contributed by atoms with van der Waals surface area (Å²) in [6, 6.07) is 6.62. The van der Waals surface area contributed by atoms with Crippen LogP contribution in [0.4, 0.5) is 5.69 Å². The summed E-state index contributed by atoms with van der Waals surface area (Å²) in [7, 11) is 0. The molecule has 0 amide bonds. The van der Waals surface area contributed by atoms with E-state index in [9.17, 15) is 0 Å². The first-order valence-corrected chi connectivity index (χ1v) is 7.54. The van der Waals surface area contributed by atoms with E-state index >= 15 is 0 Å². The van der Waals surface area contributed by atoms with Crippen molar-refractivity contribution in [1.29, 1.82) is 0 Å². The van der Waals surface area contributed by atoms with Gasteiger partial charge in [0.25, 0.3) is 0 Å². The monoisotopic (exact) mass is 272 g/mol. The zero-order valence-corrected chi connectivity index (χ0v) is 11.8. The minimum atomic E-state index is 0.421. The number of oxazole rings is 1. The van der Waals surface area contributed by atoms with E-state index in [4.69, 9.17) is 9.15 Å². The molecular formula is C16H20N2O2. The van der Waals surface area contributed by atoms with Crippen molar-refractivity contribution in [2.24, 2.45) is 5.92 Å². The molecule has 20 heavy (non-hydrogen) atoms. The van der Waals surface area contributed by atoms with Gasteiger partial charge in [0, 0.05) is 30.2 Å². The zero-order valence-electron chi connectivity index (χ0n) is 11.8. The topological polar surface area (TPSA) is 47.3 Å². The highest BCUT2D eigenvalue weighted by Crippen LogP contribution is 2.40. The van der Waals surface area contributed by atoms with E-state index in [2.05, 4.69) is 29.4 Å². The fourth-order valence-corrected chi connectivity index (χ4v) is 2.87. The number of nitrogens with one attached hydrogen (secondary N) is 1. The van der Waals surface area contributed by atoms with Crippen molar-refractivity contribution < 1.29 is 9.15 Å². The van der Waals surface area contributed by atoms with Gasteiger partial charge in [0.1, 0.15) is 5.52 Å². The number of hydrogen-bond donors (Lipinski definition) is 1. The van der Waals surface area contributed by atoms with Gasteiger partial charge in [-0.05, 0) is 44.4 Å². The first kappa shape index (κ1) is 12.2. The SMILES string of the molecule is CC(Nc1ccc2oc(C3CC3)nc2c1)C1CCOC1. The largest absolute Gasteiger partial charge is 0.440 e. The molecule has 4 heteroatoms. The van der Waals surface area contributed by atoms with Crippen LogP contribution < -0.4 is 5.32 Å². The standard InChI is InChI=1S/C16H20N2O2/c1-10(12-6-7-19-9-12)17-13-4-5-15-14(8-13)18-16(20-15)11-2-3-11/h4-5,8,10-12,17H,2-3,6-7,9H2,1H3. The fourth-order valence-electron chi connectivity index (χ4n) is 2.87. The van der Waals surface area contributed by atoms with Crippen molar-refractivity contribution in [2.45, 2.75) is 38.1 Å². The molecule has 2 fully saturated rings. The summed E-state index contributed by atoms with van der Waals surface area (Å²) in [5.41, 5.74) is 2.98. The molecule has 1 N–H and O–H groups in total. The van der Waals surface area contributed by atoms with Crippen molar-refractivity contribution in [3.05, 3.63) is 24.1 Å². The van der Waals surface area contributed by atoms with Gasteiger partial charge >= 0.3 is 0 Å². The van der Waals surface area contributed by atoms with Gasteiger partial charge in [0.15, 0.2) is 11.5 Å². The van der Waals surface area contributed by atoms with Crippen molar-refractivity contribution in [2.75, 3.05) is 18.5 Å². The van der Waals surface area contributed by atoms with Crippen LogP contribution in [0.15, 0.2) is 22.6 Å². The first-order chi connectivity index (χ1) is 9.79. The highest BCUT2D eigenvalue weighted by molar-refractivity contribution is 5.77. The van der Waals surface area contributed by atoms with Gasteiger partial charge in [-0.3, -0.25) is 0 Å². The Kier molecular flexibility index (Phi) is 2.91. The molecule has 2 atom stereocenters. The molecule has 2 unspecified atom stereocenters. The Bertz CT molecular complexity index is 612. The van der Waals surface area contributed by atoms with Crippen LogP contribution in [0.5, 0.6) is 0 Å². The average Bonchev–Trinajstić information content (AvgIpc) is 3.00. The molecule has 0 bridgehead atoms. The van der Waals surface area contributed by atoms with E-state index in [0.717, 1.165) is 42.3 Å². The fraction of sp³-hybridized carbons (Fsp3) is 0.562. The number of fused-ring (bicyclic) bond motifs is 1. The third-order valence-corrected chi connectivity index (χ3v) is 4.40. The Morgan fingerprint density at radius 1 is 1.30 bits per heavy atom.